The fraction of sp³-hybridized carbons (Fsp3) is 1.00. The van der Waals surface area contributed by atoms with Crippen LogP contribution in [0.3, 0.4) is 0 Å². The van der Waals surface area contributed by atoms with Crippen molar-refractivity contribution in [3.8, 4) is 0 Å². The van der Waals surface area contributed by atoms with Gasteiger partial charge >= 0.3 is 0 Å². The van der Waals surface area contributed by atoms with E-state index in [9.17, 15) is 0 Å². The van der Waals surface area contributed by atoms with Crippen LogP contribution in [0.2, 0.25) is 109 Å². The van der Waals surface area contributed by atoms with Crippen molar-refractivity contribution < 1.29 is 40.8 Å². The molecule has 0 aromatic heterocycles. The predicted molar refractivity (Wildman–Crippen MR) is 295 cm³/mol. The van der Waals surface area contributed by atoms with E-state index in [0.717, 1.165) is 5.75 Å². The summed E-state index contributed by atoms with van der Waals surface area (Å²) < 4.78 is 67.4. The Balaban J connectivity index is 3.07. The van der Waals surface area contributed by atoms with Gasteiger partial charge in [0.05, 0.1) is 19.3 Å². The topological polar surface area (TPSA) is 83.1 Å². The molecule has 2 rings (SSSR count). The van der Waals surface area contributed by atoms with E-state index in [1.54, 1.807) is 11.8 Å². The van der Waals surface area contributed by atoms with Crippen LogP contribution in [0.5, 0.6) is 0 Å². The summed E-state index contributed by atoms with van der Waals surface area (Å²) in [5.74, 6) is 0.829. The Morgan fingerprint density at radius 1 is 0.431 bits per heavy atom. The van der Waals surface area contributed by atoms with Crippen LogP contribution in [0.25, 0.3) is 0 Å². The molecule has 9 atom stereocenters. The maximum atomic E-state index is 7.78. The highest BCUT2D eigenvalue weighted by atomic mass is 32.2. The van der Waals surface area contributed by atoms with Crippen LogP contribution in [0, 0.1) is 0 Å². The lowest BCUT2D eigenvalue weighted by atomic mass is 9.99. The minimum Gasteiger partial charge on any atom is -0.414 e. The Labute approximate surface area is 413 Å². The Kier molecular flexibility index (Phi) is 20.2. The van der Waals surface area contributed by atoms with Crippen molar-refractivity contribution in [3.63, 3.8) is 0 Å². The van der Waals surface area contributed by atoms with E-state index in [4.69, 9.17) is 40.8 Å². The molecule has 2 saturated heterocycles. The van der Waals surface area contributed by atoms with Crippen LogP contribution in [0.15, 0.2) is 0 Å². The second-order valence-electron chi connectivity index (χ2n) is 28.7. The van der Waals surface area contributed by atoms with Crippen molar-refractivity contribution in [1.29, 1.82) is 0 Å². The first-order valence-corrected chi connectivity index (χ1v) is 43.5. The molecule has 2 fully saturated rings. The molecule has 0 aromatic rings. The number of hydrogen-bond acceptors (Lipinski definition) is 10. The van der Waals surface area contributed by atoms with E-state index in [-0.39, 0.29) is 47.9 Å². The molecule has 0 aromatic carbocycles. The van der Waals surface area contributed by atoms with Gasteiger partial charge in [0.25, 0.3) is 0 Å². The third-order valence-corrected chi connectivity index (χ3v) is 45.2. The molecule has 0 saturated carbocycles. The number of thioether (sulfide) groups is 1. The SMILES string of the molecule is CCS[C@@H]1O[C@H](CO[Si](C)(C)C(C)(C)C)[C@@H](O[Si](C)(C)C(C)(C)C)[C@H](O[Si](C)(C)C(C)(C)C)[C@H]1O[C@@H]1OC[C@@H](O[Si](C)(C)C(C)(C)C)[C@H](O[Si](C)(C)C(C)(C)C)[C@H]1O[Si](C)(C)C(C)(C)C. The van der Waals surface area contributed by atoms with Crippen LogP contribution in [0.1, 0.15) is 132 Å². The predicted octanol–water partition coefficient (Wildman–Crippen LogP) is 15.2. The summed E-state index contributed by atoms with van der Waals surface area (Å²) in [4.78, 5) is 0. The summed E-state index contributed by atoms with van der Waals surface area (Å²) in [6.07, 6.45) is -3.99. The fourth-order valence-electron chi connectivity index (χ4n) is 6.25. The lowest BCUT2D eigenvalue weighted by Gasteiger charge is -2.55. The molecule has 16 heteroatoms. The third-order valence-electron chi connectivity index (χ3n) is 17.2. The van der Waals surface area contributed by atoms with E-state index in [0.29, 0.717) is 13.2 Å². The Morgan fingerprint density at radius 2 is 0.769 bits per heavy atom. The molecule has 0 amide bonds. The number of hydrogen-bond donors (Lipinski definition) is 0. The molecule has 2 aliphatic rings. The molecule has 2 heterocycles. The van der Waals surface area contributed by atoms with Crippen LogP contribution >= 0.6 is 11.8 Å². The standard InChI is InChI=1S/C49H108O9SSi6/c1-32-59-43-41(39(57-64(28,29)48(14,15)16)37(55-62(24,25)46(8,9)10)35(52-43)34-51-60(20,21)44(2,3)4)53-42-40(58-65(30,31)49(17,18)19)38(56-63(26,27)47(11,12)13)36(33-50-42)54-61(22,23)45(5,6)7/h35-43H,32-34H2,1-31H3/t35-,36-,37-,38+,39+,40-,41-,42+,43+/m1/s1. The lowest BCUT2D eigenvalue weighted by Crippen LogP contribution is -2.69. The van der Waals surface area contributed by atoms with Gasteiger partial charge in [0, 0.05) is 0 Å². The zero-order valence-electron chi connectivity index (χ0n) is 48.4. The van der Waals surface area contributed by atoms with Gasteiger partial charge in [-0.25, -0.2) is 0 Å². The lowest BCUT2D eigenvalue weighted by molar-refractivity contribution is -0.306. The van der Waals surface area contributed by atoms with Crippen LogP contribution < -0.4 is 0 Å². The van der Waals surface area contributed by atoms with E-state index in [1.807, 2.05) is 0 Å². The smallest absolute Gasteiger partial charge is 0.192 e. The average Bonchev–Trinajstić information content (AvgIpc) is 3.05. The van der Waals surface area contributed by atoms with Crippen molar-refractivity contribution >= 4 is 61.7 Å². The highest BCUT2D eigenvalue weighted by Gasteiger charge is 2.59. The molecular formula is C49H108O9SSi6. The molecule has 0 radical (unpaired) electrons. The molecule has 0 bridgehead atoms. The summed E-state index contributed by atoms with van der Waals surface area (Å²) in [7, 11) is -14.3. The van der Waals surface area contributed by atoms with E-state index in [1.165, 1.54) is 0 Å². The molecule has 65 heavy (non-hydrogen) atoms. The molecular weight excluding hydrogens is 933 g/mol. The minimum atomic E-state index is -2.48. The monoisotopic (exact) mass is 1040 g/mol. The van der Waals surface area contributed by atoms with Gasteiger partial charge in [-0.15, -0.1) is 11.8 Å². The molecule has 0 unspecified atom stereocenters. The number of ether oxygens (including phenoxy) is 3. The fourth-order valence-corrected chi connectivity index (χ4v) is 14.8. The first-order chi connectivity index (χ1) is 28.5. The van der Waals surface area contributed by atoms with Crippen LogP contribution in [-0.4, -0.2) is 123 Å². The second kappa shape index (κ2) is 21.0. The van der Waals surface area contributed by atoms with Crippen LogP contribution in [0.4, 0.5) is 0 Å². The van der Waals surface area contributed by atoms with Gasteiger partial charge in [0.2, 0.25) is 0 Å². The quantitative estimate of drug-likeness (QED) is 0.131. The molecule has 2 aliphatic heterocycles. The Hall–Kier alpha value is 1.29. The van der Waals surface area contributed by atoms with E-state index in [2.05, 4.69) is 210 Å². The normalized spacial score (nSPS) is 28.2. The van der Waals surface area contributed by atoms with Gasteiger partial charge in [0.15, 0.2) is 56.2 Å². The van der Waals surface area contributed by atoms with E-state index < -0.39 is 86.7 Å². The van der Waals surface area contributed by atoms with Crippen molar-refractivity contribution in [2.45, 2.75) is 295 Å². The Bertz CT molecular complexity index is 1520. The maximum absolute atomic E-state index is 7.78. The molecule has 388 valence electrons. The summed E-state index contributed by atoms with van der Waals surface area (Å²) in [6.45, 7) is 72.4. The first kappa shape index (κ1) is 62.4. The van der Waals surface area contributed by atoms with Gasteiger partial charge in [-0.2, -0.15) is 0 Å². The van der Waals surface area contributed by atoms with Crippen LogP contribution in [-0.2, 0) is 40.8 Å². The van der Waals surface area contributed by atoms with Gasteiger partial charge < -0.3 is 40.8 Å². The van der Waals surface area contributed by atoms with Crippen molar-refractivity contribution in [3.05, 3.63) is 0 Å². The Morgan fingerprint density at radius 3 is 1.14 bits per heavy atom. The summed E-state index contributed by atoms with van der Waals surface area (Å²) >= 11 is 1.77. The van der Waals surface area contributed by atoms with Crippen molar-refractivity contribution in [2.75, 3.05) is 19.0 Å². The first-order valence-electron chi connectivity index (χ1n) is 25.0. The summed E-state index contributed by atoms with van der Waals surface area (Å²) in [6, 6.07) is 0. The molecule has 9 nitrogen and oxygen atoms in total. The average molecular weight is 1040 g/mol. The summed E-state index contributed by atoms with van der Waals surface area (Å²) in [5.41, 5.74) is -0.389. The molecule has 0 spiro atoms. The van der Waals surface area contributed by atoms with E-state index >= 15 is 0 Å². The van der Waals surface area contributed by atoms with Gasteiger partial charge in [-0.1, -0.05) is 132 Å². The molecule has 0 N–H and O–H groups in total. The highest BCUT2D eigenvalue weighted by Crippen LogP contribution is 2.49. The second-order valence-corrected chi connectivity index (χ2v) is 58.6. The number of rotatable bonds is 17. The zero-order valence-corrected chi connectivity index (χ0v) is 55.2. The van der Waals surface area contributed by atoms with Gasteiger partial charge in [-0.3, -0.25) is 0 Å². The zero-order chi connectivity index (χ0) is 51.4. The molecule has 0 aliphatic carbocycles. The third kappa shape index (κ3) is 15.4. The summed E-state index contributed by atoms with van der Waals surface area (Å²) in [5, 5.41) is -0.266. The largest absolute Gasteiger partial charge is 0.414 e. The van der Waals surface area contributed by atoms with Gasteiger partial charge in [0.1, 0.15) is 42.1 Å². The van der Waals surface area contributed by atoms with Crippen molar-refractivity contribution in [1.82, 2.24) is 0 Å². The highest BCUT2D eigenvalue weighted by molar-refractivity contribution is 7.99. The van der Waals surface area contributed by atoms with Gasteiger partial charge in [-0.05, 0) is 115 Å². The van der Waals surface area contributed by atoms with Crippen molar-refractivity contribution in [2.24, 2.45) is 0 Å². The maximum Gasteiger partial charge on any atom is 0.192 e. The minimum absolute atomic E-state index is 0.0139.